The Morgan fingerprint density at radius 2 is 1.87 bits per heavy atom. The second kappa shape index (κ2) is 9.22. The van der Waals surface area contributed by atoms with E-state index in [1.807, 2.05) is 53.6 Å². The minimum Gasteiger partial charge on any atom is -0.497 e. The van der Waals surface area contributed by atoms with E-state index in [1.54, 1.807) is 30.9 Å². The monoisotopic (exact) mass is 440 g/mol. The van der Waals surface area contributed by atoms with Gasteiger partial charge in [-0.2, -0.15) is 0 Å². The third-order valence-corrected chi connectivity index (χ3v) is 6.94. The molecule has 2 aromatic rings. The number of benzene rings is 2. The van der Waals surface area contributed by atoms with Crippen LogP contribution in [0, 0.1) is 5.92 Å². The zero-order valence-electron chi connectivity index (χ0n) is 18.2. The van der Waals surface area contributed by atoms with Gasteiger partial charge in [-0.3, -0.25) is 9.59 Å². The summed E-state index contributed by atoms with van der Waals surface area (Å²) in [5.74, 6) is 1.19. The fourth-order valence-corrected chi connectivity index (χ4v) is 4.98. The van der Waals surface area contributed by atoms with Crippen LogP contribution in [0.1, 0.15) is 30.9 Å². The number of thioether (sulfide) groups is 1. The number of anilines is 1. The number of amides is 2. The Hall–Kier alpha value is -2.67. The molecule has 164 valence electrons. The van der Waals surface area contributed by atoms with Gasteiger partial charge in [-0.1, -0.05) is 0 Å². The van der Waals surface area contributed by atoms with Gasteiger partial charge in [-0.25, -0.2) is 0 Å². The Kier molecular flexibility index (Phi) is 6.41. The van der Waals surface area contributed by atoms with Gasteiger partial charge >= 0.3 is 0 Å². The van der Waals surface area contributed by atoms with Crippen LogP contribution in [-0.4, -0.2) is 50.3 Å². The average Bonchev–Trinajstić information content (AvgIpc) is 3.45. The van der Waals surface area contributed by atoms with E-state index in [1.165, 1.54) is 0 Å². The predicted molar refractivity (Wildman–Crippen MR) is 122 cm³/mol. The molecule has 7 heteroatoms. The van der Waals surface area contributed by atoms with Crippen LogP contribution in [-0.2, 0) is 9.59 Å². The van der Waals surface area contributed by atoms with Crippen LogP contribution in [0.5, 0.6) is 11.5 Å². The zero-order valence-corrected chi connectivity index (χ0v) is 19.0. The number of methoxy groups -OCH3 is 2. The largest absolute Gasteiger partial charge is 0.497 e. The van der Waals surface area contributed by atoms with E-state index in [0.29, 0.717) is 13.1 Å². The second-order valence-corrected chi connectivity index (χ2v) is 8.78. The Morgan fingerprint density at radius 1 is 1.10 bits per heavy atom. The van der Waals surface area contributed by atoms with Gasteiger partial charge in [0, 0.05) is 41.7 Å². The molecule has 2 atom stereocenters. The molecule has 2 amide bonds. The van der Waals surface area contributed by atoms with Gasteiger partial charge in [-0.15, -0.1) is 11.8 Å². The van der Waals surface area contributed by atoms with Gasteiger partial charge in [0.05, 0.1) is 26.2 Å². The van der Waals surface area contributed by atoms with Gasteiger partial charge in [0.2, 0.25) is 11.8 Å². The first-order chi connectivity index (χ1) is 15.0. The fourth-order valence-electron chi connectivity index (χ4n) is 4.57. The maximum Gasteiger partial charge on any atom is 0.228 e. The van der Waals surface area contributed by atoms with Gasteiger partial charge in [0.15, 0.2) is 0 Å². The first kappa shape index (κ1) is 21.6. The number of rotatable bonds is 6. The Bertz CT molecular complexity index is 963. The summed E-state index contributed by atoms with van der Waals surface area (Å²) >= 11 is 1.66. The summed E-state index contributed by atoms with van der Waals surface area (Å²) in [4.78, 5) is 31.0. The maximum absolute atomic E-state index is 13.5. The SMILES string of the molecule is COc1ccc([C@H]2CCCN2C(=O)[C@@H]2CC(=O)N(c3ccc(SC)cc3)C2)c(OC)c1. The highest BCUT2D eigenvalue weighted by Gasteiger charge is 2.41. The van der Waals surface area contributed by atoms with Crippen molar-refractivity contribution >= 4 is 29.3 Å². The molecular formula is C24H28N2O4S. The summed E-state index contributed by atoms with van der Waals surface area (Å²) in [6, 6.07) is 13.6. The topological polar surface area (TPSA) is 59.1 Å². The highest BCUT2D eigenvalue weighted by Crippen LogP contribution is 2.40. The van der Waals surface area contributed by atoms with Crippen molar-refractivity contribution in [1.29, 1.82) is 0 Å². The van der Waals surface area contributed by atoms with E-state index in [0.717, 1.165) is 40.5 Å². The van der Waals surface area contributed by atoms with Gasteiger partial charge in [-0.05, 0) is 55.5 Å². The van der Waals surface area contributed by atoms with Crippen LogP contribution in [0.25, 0.3) is 0 Å². The van der Waals surface area contributed by atoms with Crippen molar-refractivity contribution in [2.24, 2.45) is 5.92 Å². The first-order valence-electron chi connectivity index (χ1n) is 10.5. The molecule has 2 heterocycles. The van der Waals surface area contributed by atoms with Crippen molar-refractivity contribution < 1.29 is 19.1 Å². The molecule has 0 unspecified atom stereocenters. The molecule has 0 aromatic heterocycles. The Morgan fingerprint density at radius 3 is 2.55 bits per heavy atom. The molecule has 0 radical (unpaired) electrons. The summed E-state index contributed by atoms with van der Waals surface area (Å²) < 4.78 is 10.9. The first-order valence-corrected chi connectivity index (χ1v) is 11.7. The lowest BCUT2D eigenvalue weighted by Crippen LogP contribution is -2.37. The van der Waals surface area contributed by atoms with Crippen molar-refractivity contribution in [2.75, 3.05) is 38.5 Å². The third-order valence-electron chi connectivity index (χ3n) is 6.19. The van der Waals surface area contributed by atoms with Crippen molar-refractivity contribution in [1.82, 2.24) is 4.90 Å². The third kappa shape index (κ3) is 4.24. The molecule has 2 fully saturated rings. The van der Waals surface area contributed by atoms with E-state index < -0.39 is 0 Å². The summed E-state index contributed by atoms with van der Waals surface area (Å²) in [6.45, 7) is 1.13. The summed E-state index contributed by atoms with van der Waals surface area (Å²) in [5.41, 5.74) is 1.84. The lowest BCUT2D eigenvalue weighted by atomic mass is 10.0. The lowest BCUT2D eigenvalue weighted by molar-refractivity contribution is -0.136. The quantitative estimate of drug-likeness (QED) is 0.632. The van der Waals surface area contributed by atoms with Crippen LogP contribution in [0.15, 0.2) is 47.4 Å². The van der Waals surface area contributed by atoms with Crippen molar-refractivity contribution in [2.45, 2.75) is 30.2 Å². The number of ether oxygens (including phenoxy) is 2. The smallest absolute Gasteiger partial charge is 0.228 e. The number of hydrogen-bond acceptors (Lipinski definition) is 5. The molecule has 0 spiro atoms. The Labute approximate surface area is 187 Å². The van der Waals surface area contributed by atoms with Crippen LogP contribution in [0.3, 0.4) is 0 Å². The molecule has 6 nitrogen and oxygen atoms in total. The van der Waals surface area contributed by atoms with Gasteiger partial charge < -0.3 is 19.3 Å². The minimum atomic E-state index is -0.322. The molecule has 0 saturated carbocycles. The minimum absolute atomic E-state index is 0.00743. The summed E-state index contributed by atoms with van der Waals surface area (Å²) in [5, 5.41) is 0. The van der Waals surface area contributed by atoms with Crippen molar-refractivity contribution in [3.63, 3.8) is 0 Å². The van der Waals surface area contributed by atoms with Crippen LogP contribution >= 0.6 is 11.8 Å². The van der Waals surface area contributed by atoms with E-state index in [9.17, 15) is 9.59 Å². The number of carbonyl (C=O) groups is 2. The standard InChI is InChI=1S/C24H28N2O4S/c1-29-18-8-11-20(22(14-18)30-2)21-5-4-12-25(21)24(28)16-13-23(27)26(15-16)17-6-9-19(31-3)10-7-17/h6-11,14,16,21H,4-5,12-13,15H2,1-3H3/t16-,21-/m1/s1. The Balaban J connectivity index is 1.52. The molecule has 0 N–H and O–H groups in total. The predicted octanol–water partition coefficient (Wildman–Crippen LogP) is 4.14. The van der Waals surface area contributed by atoms with Gasteiger partial charge in [0.25, 0.3) is 0 Å². The highest BCUT2D eigenvalue weighted by atomic mass is 32.2. The lowest BCUT2D eigenvalue weighted by Gasteiger charge is -2.28. The number of hydrogen-bond donors (Lipinski definition) is 0. The molecule has 2 aliphatic heterocycles. The van der Waals surface area contributed by atoms with Gasteiger partial charge in [0.1, 0.15) is 11.5 Å². The molecule has 2 aromatic carbocycles. The van der Waals surface area contributed by atoms with E-state index in [-0.39, 0.29) is 30.2 Å². The van der Waals surface area contributed by atoms with Crippen molar-refractivity contribution in [3.8, 4) is 11.5 Å². The van der Waals surface area contributed by atoms with Crippen LogP contribution in [0.2, 0.25) is 0 Å². The van der Waals surface area contributed by atoms with Crippen LogP contribution < -0.4 is 14.4 Å². The molecular weight excluding hydrogens is 412 g/mol. The van der Waals surface area contributed by atoms with E-state index >= 15 is 0 Å². The molecule has 0 bridgehead atoms. The summed E-state index contributed by atoms with van der Waals surface area (Å²) in [6.07, 6.45) is 4.10. The average molecular weight is 441 g/mol. The maximum atomic E-state index is 13.5. The molecule has 2 aliphatic rings. The molecule has 31 heavy (non-hydrogen) atoms. The zero-order chi connectivity index (χ0) is 22.0. The number of likely N-dealkylation sites (tertiary alicyclic amines) is 1. The highest BCUT2D eigenvalue weighted by molar-refractivity contribution is 7.98. The number of carbonyl (C=O) groups excluding carboxylic acids is 2. The normalized spacial score (nSPS) is 20.9. The van der Waals surface area contributed by atoms with E-state index in [2.05, 4.69) is 0 Å². The molecule has 2 saturated heterocycles. The molecule has 0 aliphatic carbocycles. The number of nitrogens with zero attached hydrogens (tertiary/aromatic N) is 2. The summed E-state index contributed by atoms with van der Waals surface area (Å²) in [7, 11) is 3.26. The van der Waals surface area contributed by atoms with Crippen LogP contribution in [0.4, 0.5) is 5.69 Å². The van der Waals surface area contributed by atoms with E-state index in [4.69, 9.17) is 9.47 Å². The van der Waals surface area contributed by atoms with Crippen molar-refractivity contribution in [3.05, 3.63) is 48.0 Å². The fraction of sp³-hybridized carbons (Fsp3) is 0.417. The second-order valence-electron chi connectivity index (χ2n) is 7.90. The molecule has 4 rings (SSSR count).